The zero-order chi connectivity index (χ0) is 9.03. The molecule has 0 aromatic carbocycles. The molecule has 0 aliphatic heterocycles. The molecule has 0 atom stereocenters. The summed E-state index contributed by atoms with van der Waals surface area (Å²) in [5, 5.41) is 1.84. The quantitative estimate of drug-likeness (QED) is 0.630. The summed E-state index contributed by atoms with van der Waals surface area (Å²) in [5.74, 6) is 0. The summed E-state index contributed by atoms with van der Waals surface area (Å²) in [4.78, 5) is 0.940. The van der Waals surface area contributed by atoms with Crippen LogP contribution in [-0.2, 0) is 6.42 Å². The summed E-state index contributed by atoms with van der Waals surface area (Å²) in [7, 11) is 0. The summed E-state index contributed by atoms with van der Waals surface area (Å²) >= 11 is 1.45. The van der Waals surface area contributed by atoms with Gasteiger partial charge in [0.1, 0.15) is 0 Å². The molecule has 0 aliphatic rings. The lowest BCUT2D eigenvalue weighted by molar-refractivity contribution is -0.0799. The summed E-state index contributed by atoms with van der Waals surface area (Å²) in [6, 6.07) is 3.63. The van der Waals surface area contributed by atoms with E-state index in [0.29, 0.717) is 6.42 Å². The van der Waals surface area contributed by atoms with E-state index in [0.717, 1.165) is 11.0 Å². The minimum atomic E-state index is -4.18. The first kappa shape index (κ1) is 9.32. The maximum absolute atomic E-state index is 11.6. The molecule has 0 nitrogen and oxygen atoms in total. The number of hydrogen-bond donors (Lipinski definition) is 0. The Morgan fingerprint density at radius 1 is 1.42 bits per heavy atom. The van der Waals surface area contributed by atoms with Crippen LogP contribution in [0.4, 0.5) is 13.2 Å². The molecule has 0 saturated carbocycles. The number of thiophene rings is 1. The van der Waals surface area contributed by atoms with E-state index in [-0.39, 0.29) is 6.08 Å². The Kier molecular flexibility index (Phi) is 2.92. The van der Waals surface area contributed by atoms with Gasteiger partial charge in [0.2, 0.25) is 0 Å². The normalized spacial score (nSPS) is 12.6. The third-order valence-electron chi connectivity index (χ3n) is 1.21. The molecule has 4 heteroatoms. The molecule has 0 bridgehead atoms. The molecule has 0 aliphatic carbocycles. The van der Waals surface area contributed by atoms with Crippen LogP contribution >= 0.6 is 11.3 Å². The van der Waals surface area contributed by atoms with E-state index in [4.69, 9.17) is 0 Å². The third kappa shape index (κ3) is 3.57. The zero-order valence-corrected chi connectivity index (χ0v) is 6.95. The van der Waals surface area contributed by atoms with Crippen molar-refractivity contribution in [2.24, 2.45) is 0 Å². The Labute approximate surface area is 72.3 Å². The number of hydrogen-bond acceptors (Lipinski definition) is 1. The van der Waals surface area contributed by atoms with E-state index in [2.05, 4.69) is 0 Å². The molecule has 1 heterocycles. The fraction of sp³-hybridized carbons (Fsp3) is 0.250. The molecule has 0 radical (unpaired) electrons. The van der Waals surface area contributed by atoms with Crippen LogP contribution in [0.3, 0.4) is 0 Å². The first-order valence-corrected chi connectivity index (χ1v) is 4.23. The van der Waals surface area contributed by atoms with Crippen molar-refractivity contribution in [2.45, 2.75) is 12.6 Å². The molecular weight excluding hydrogens is 185 g/mol. The maximum atomic E-state index is 11.6. The van der Waals surface area contributed by atoms with Gasteiger partial charge in [0, 0.05) is 17.4 Å². The largest absolute Gasteiger partial charge is 0.409 e. The number of allylic oxidation sites excluding steroid dienone is 2. The van der Waals surface area contributed by atoms with Gasteiger partial charge in [0.05, 0.1) is 0 Å². The van der Waals surface area contributed by atoms with E-state index < -0.39 is 6.18 Å². The van der Waals surface area contributed by atoms with Gasteiger partial charge in [-0.15, -0.1) is 11.3 Å². The maximum Gasteiger partial charge on any atom is 0.409 e. The minimum Gasteiger partial charge on any atom is -0.167 e. The summed E-state index contributed by atoms with van der Waals surface area (Å²) in [5.41, 5.74) is 0. The van der Waals surface area contributed by atoms with Gasteiger partial charge in [0.25, 0.3) is 0 Å². The fourth-order valence-corrected chi connectivity index (χ4v) is 1.42. The molecule has 0 amide bonds. The van der Waals surface area contributed by atoms with Gasteiger partial charge in [-0.2, -0.15) is 13.2 Å². The highest BCUT2D eigenvalue weighted by Gasteiger charge is 2.21. The molecule has 0 saturated heterocycles. The highest BCUT2D eigenvalue weighted by molar-refractivity contribution is 7.09. The highest BCUT2D eigenvalue weighted by atomic mass is 32.1. The molecule has 1 rings (SSSR count). The minimum absolute atomic E-state index is 0.271. The van der Waals surface area contributed by atoms with E-state index >= 15 is 0 Å². The van der Waals surface area contributed by atoms with Gasteiger partial charge in [-0.1, -0.05) is 12.1 Å². The topological polar surface area (TPSA) is 0 Å². The first-order valence-electron chi connectivity index (χ1n) is 3.35. The van der Waals surface area contributed by atoms with Crippen LogP contribution in [0.5, 0.6) is 0 Å². The van der Waals surface area contributed by atoms with E-state index in [9.17, 15) is 13.2 Å². The van der Waals surface area contributed by atoms with Crippen molar-refractivity contribution in [3.8, 4) is 0 Å². The highest BCUT2D eigenvalue weighted by Crippen LogP contribution is 2.17. The van der Waals surface area contributed by atoms with E-state index in [1.54, 1.807) is 0 Å². The summed E-state index contributed by atoms with van der Waals surface area (Å²) < 4.78 is 34.8. The fourth-order valence-electron chi connectivity index (χ4n) is 0.737. The zero-order valence-electron chi connectivity index (χ0n) is 6.14. The first-order chi connectivity index (χ1) is 5.58. The molecule has 0 fully saturated rings. The predicted molar refractivity (Wildman–Crippen MR) is 43.2 cm³/mol. The molecule has 12 heavy (non-hydrogen) atoms. The second-order valence-corrected chi connectivity index (χ2v) is 3.26. The second-order valence-electron chi connectivity index (χ2n) is 2.23. The van der Waals surface area contributed by atoms with Crippen molar-refractivity contribution >= 4 is 11.3 Å². The van der Waals surface area contributed by atoms with Crippen LogP contribution in [0, 0.1) is 0 Å². The SMILES string of the molecule is FC(F)(F)C=CCc1cccs1. The summed E-state index contributed by atoms with van der Waals surface area (Å²) in [6.07, 6.45) is -2.42. The van der Waals surface area contributed by atoms with Gasteiger partial charge in [0.15, 0.2) is 0 Å². The van der Waals surface area contributed by atoms with Crippen LogP contribution in [0.2, 0.25) is 0 Å². The Balaban J connectivity index is 2.41. The van der Waals surface area contributed by atoms with E-state index in [1.165, 1.54) is 11.3 Å². The van der Waals surface area contributed by atoms with Gasteiger partial charge < -0.3 is 0 Å². The van der Waals surface area contributed by atoms with Crippen molar-refractivity contribution in [1.82, 2.24) is 0 Å². The smallest absolute Gasteiger partial charge is 0.167 e. The molecule has 0 unspecified atom stereocenters. The Morgan fingerprint density at radius 3 is 2.67 bits per heavy atom. The van der Waals surface area contributed by atoms with Crippen LogP contribution in [0.1, 0.15) is 4.88 Å². The average Bonchev–Trinajstić information content (AvgIpc) is 2.36. The summed E-state index contributed by atoms with van der Waals surface area (Å²) in [6.45, 7) is 0. The monoisotopic (exact) mass is 192 g/mol. The van der Waals surface area contributed by atoms with Crippen LogP contribution in [0.15, 0.2) is 29.7 Å². The Morgan fingerprint density at radius 2 is 2.17 bits per heavy atom. The predicted octanol–water partition coefficient (Wildman–Crippen LogP) is 3.41. The molecule has 0 spiro atoms. The standard InChI is InChI=1S/C8H7F3S/c9-8(10,11)5-1-3-7-4-2-6-12-7/h1-2,4-6H,3H2. The van der Waals surface area contributed by atoms with Gasteiger partial charge in [-0.25, -0.2) is 0 Å². The lowest BCUT2D eigenvalue weighted by Crippen LogP contribution is -2.00. The molecule has 0 N–H and O–H groups in total. The molecule has 1 aromatic heterocycles. The number of alkyl halides is 3. The number of halogens is 3. The van der Waals surface area contributed by atoms with Crippen molar-refractivity contribution in [2.75, 3.05) is 0 Å². The van der Waals surface area contributed by atoms with Crippen molar-refractivity contribution in [3.05, 3.63) is 34.5 Å². The van der Waals surface area contributed by atoms with Crippen molar-refractivity contribution < 1.29 is 13.2 Å². The average molecular weight is 192 g/mol. The molecular formula is C8H7F3S. The molecule has 66 valence electrons. The van der Waals surface area contributed by atoms with Gasteiger partial charge in [-0.3, -0.25) is 0 Å². The molecule has 1 aromatic rings. The van der Waals surface area contributed by atoms with Crippen LogP contribution < -0.4 is 0 Å². The van der Waals surface area contributed by atoms with E-state index in [1.807, 2.05) is 17.5 Å². The van der Waals surface area contributed by atoms with Crippen LogP contribution in [-0.4, -0.2) is 6.18 Å². The van der Waals surface area contributed by atoms with Gasteiger partial charge >= 0.3 is 6.18 Å². The van der Waals surface area contributed by atoms with Gasteiger partial charge in [-0.05, 0) is 11.4 Å². The number of rotatable bonds is 2. The lowest BCUT2D eigenvalue weighted by Gasteiger charge is -1.96. The van der Waals surface area contributed by atoms with Crippen LogP contribution in [0.25, 0.3) is 0 Å². The van der Waals surface area contributed by atoms with Crippen molar-refractivity contribution in [3.63, 3.8) is 0 Å². The van der Waals surface area contributed by atoms with Crippen molar-refractivity contribution in [1.29, 1.82) is 0 Å². The lowest BCUT2D eigenvalue weighted by atomic mass is 10.3. The third-order valence-corrected chi connectivity index (χ3v) is 2.10. The Bertz CT molecular complexity index is 246. The second kappa shape index (κ2) is 3.76. The Hall–Kier alpha value is -0.770.